The van der Waals surface area contributed by atoms with Crippen molar-refractivity contribution in [1.82, 2.24) is 15.0 Å². The average Bonchev–Trinajstić information content (AvgIpc) is 3.15. The number of hydrogen-bond acceptors (Lipinski definition) is 5. The Morgan fingerprint density at radius 3 is 2.10 bits per heavy atom. The van der Waals surface area contributed by atoms with Gasteiger partial charge in [0.15, 0.2) is 0 Å². The zero-order chi connectivity index (χ0) is 33.8. The summed E-state index contributed by atoms with van der Waals surface area (Å²) in [4.78, 5) is 25.6. The van der Waals surface area contributed by atoms with Crippen LogP contribution in [0.25, 0.3) is 11.3 Å². The van der Waals surface area contributed by atoms with Crippen LogP contribution in [0.3, 0.4) is 0 Å². The maximum Gasteiger partial charge on any atom is 0.354 e. The predicted molar refractivity (Wildman–Crippen MR) is 183 cm³/mol. The zero-order valence-electron chi connectivity index (χ0n) is 26.2. The Balaban J connectivity index is 0.000000379. The minimum Gasteiger partial charge on any atom is -0.477 e. The first-order valence-electron chi connectivity index (χ1n) is 15.3. The van der Waals surface area contributed by atoms with Gasteiger partial charge in [-0.2, -0.15) is 6.07 Å². The van der Waals surface area contributed by atoms with Crippen molar-refractivity contribution >= 4 is 23.0 Å². The van der Waals surface area contributed by atoms with E-state index in [4.69, 9.17) is 15.1 Å². The molecule has 1 aliphatic heterocycles. The van der Waals surface area contributed by atoms with E-state index in [1.54, 1.807) is 24.4 Å². The van der Waals surface area contributed by atoms with Gasteiger partial charge in [-0.25, -0.2) is 14.2 Å². The number of anilines is 3. The molecule has 7 aromatic rings. The summed E-state index contributed by atoms with van der Waals surface area (Å²) in [5.41, 5.74) is 5.15. The minimum absolute atomic E-state index is 0. The van der Waals surface area contributed by atoms with Gasteiger partial charge in [0, 0.05) is 55.4 Å². The second-order valence-electron chi connectivity index (χ2n) is 11.1. The number of nitrogens with zero attached hydrogens (tertiary/aromatic N) is 4. The Morgan fingerprint density at radius 1 is 0.700 bits per heavy atom. The standard InChI is InChI=1S/C35H21F2N3.C6H5NO2.Ir/c36-25-17-19-28-31(22-25)40(27-12-5-2-6-13-27)32-23-26(37)18-20-29(32)35(28,33-15-7-8-21-38-33)34-16-9-14-30(39-34)24-10-3-1-4-11-24;8-6(9)5-3-1-2-4-7-5;/h1-10,12-19,21-23H;1-4H,(H,8,9);/q-2;;/t35-;;/m0../s1. The largest absolute Gasteiger partial charge is 0.477 e. The number of carbonyl (C=O) groups is 1. The van der Waals surface area contributed by atoms with Gasteiger partial charge in [-0.3, -0.25) is 14.4 Å². The van der Waals surface area contributed by atoms with Crippen LogP contribution in [0.5, 0.6) is 0 Å². The minimum atomic E-state index is -1.12. The molecule has 4 aromatic carbocycles. The fraction of sp³-hybridized carbons (Fsp3) is 0.0244. The van der Waals surface area contributed by atoms with Gasteiger partial charge in [-0.15, -0.1) is 53.6 Å². The zero-order valence-corrected chi connectivity index (χ0v) is 28.6. The summed E-state index contributed by atoms with van der Waals surface area (Å²) in [5.74, 6) is -1.84. The van der Waals surface area contributed by atoms with Crippen molar-refractivity contribution in [1.29, 1.82) is 0 Å². The van der Waals surface area contributed by atoms with E-state index in [9.17, 15) is 4.79 Å². The van der Waals surface area contributed by atoms with Crippen molar-refractivity contribution in [3.63, 3.8) is 0 Å². The number of halogens is 2. The van der Waals surface area contributed by atoms with E-state index in [1.807, 2.05) is 95.9 Å². The van der Waals surface area contributed by atoms with Gasteiger partial charge in [0.1, 0.15) is 11.5 Å². The first-order chi connectivity index (χ1) is 24.0. The van der Waals surface area contributed by atoms with E-state index in [0.717, 1.165) is 22.5 Å². The normalized spacial score (nSPS) is 14.2. The number of pyridine rings is 3. The fourth-order valence-corrected chi connectivity index (χ4v) is 6.15. The van der Waals surface area contributed by atoms with Crippen LogP contribution in [-0.4, -0.2) is 26.0 Å². The maximum absolute atomic E-state index is 15.0. The van der Waals surface area contributed by atoms with Crippen molar-refractivity contribution in [3.8, 4) is 11.3 Å². The van der Waals surface area contributed by atoms with Crippen molar-refractivity contribution in [2.75, 3.05) is 4.90 Å². The summed E-state index contributed by atoms with van der Waals surface area (Å²) in [5, 5.41) is 8.32. The number of benzene rings is 4. The fourth-order valence-electron chi connectivity index (χ4n) is 6.15. The maximum atomic E-state index is 15.0. The van der Waals surface area contributed by atoms with Gasteiger partial charge in [0.2, 0.25) is 0 Å². The van der Waals surface area contributed by atoms with E-state index in [0.29, 0.717) is 28.3 Å². The van der Waals surface area contributed by atoms with E-state index in [1.165, 1.54) is 36.5 Å². The Labute approximate surface area is 301 Å². The SMILES string of the molecule is Fc1c[c-]c2c(c1)N(c1ccccc1)c1cc(F)ccc1[C@]2(c1ccccn1)c1cccc(-c2[c-]cccc2)n1.O=C(O)c1ccccn1.[Ir]. The van der Waals surface area contributed by atoms with Gasteiger partial charge in [0.25, 0.3) is 0 Å². The Bertz CT molecular complexity index is 2190. The number of rotatable bonds is 5. The third-order valence-corrected chi connectivity index (χ3v) is 8.17. The Hall–Kier alpha value is -5.89. The molecule has 9 heteroatoms. The summed E-state index contributed by atoms with van der Waals surface area (Å²) in [7, 11) is 0. The molecule has 0 aliphatic carbocycles. The summed E-state index contributed by atoms with van der Waals surface area (Å²) >= 11 is 0. The molecule has 0 fully saturated rings. The molecule has 0 saturated heterocycles. The Kier molecular flexibility index (Phi) is 9.99. The van der Waals surface area contributed by atoms with Crippen LogP contribution in [0.15, 0.2) is 152 Å². The molecule has 1 radical (unpaired) electrons. The second-order valence-corrected chi connectivity index (χ2v) is 11.1. The van der Waals surface area contributed by atoms with Crippen LogP contribution in [0, 0.1) is 23.8 Å². The summed E-state index contributed by atoms with van der Waals surface area (Å²) in [6.07, 6.45) is 3.17. The van der Waals surface area contributed by atoms with Crippen LogP contribution < -0.4 is 4.90 Å². The van der Waals surface area contributed by atoms with Crippen LogP contribution in [0.1, 0.15) is 33.0 Å². The van der Waals surface area contributed by atoms with Gasteiger partial charge in [-0.1, -0.05) is 54.2 Å². The third-order valence-electron chi connectivity index (χ3n) is 8.17. The Morgan fingerprint density at radius 2 is 1.42 bits per heavy atom. The molecule has 50 heavy (non-hydrogen) atoms. The number of carboxylic acids is 1. The molecule has 3 aromatic heterocycles. The monoisotopic (exact) mass is 837 g/mol. The smallest absolute Gasteiger partial charge is 0.354 e. The number of carboxylic acid groups (broad SMARTS) is 1. The molecule has 0 unspecified atom stereocenters. The second kappa shape index (κ2) is 14.7. The summed E-state index contributed by atoms with van der Waals surface area (Å²) < 4.78 is 30.1. The molecule has 0 amide bonds. The van der Waals surface area contributed by atoms with Crippen molar-refractivity contribution < 1.29 is 38.8 Å². The molecule has 247 valence electrons. The van der Waals surface area contributed by atoms with Gasteiger partial charge in [0.05, 0.1) is 11.1 Å². The molecule has 0 saturated carbocycles. The number of hydrogen-bond donors (Lipinski definition) is 1. The molecule has 6 nitrogen and oxygen atoms in total. The van der Waals surface area contributed by atoms with Gasteiger partial charge >= 0.3 is 5.97 Å². The average molecular weight is 837 g/mol. The molecular formula is C41H26F2IrN4O2-2. The number of aromatic nitrogens is 3. The number of fused-ring (bicyclic) bond motifs is 2. The van der Waals surface area contributed by atoms with Crippen molar-refractivity contribution in [2.24, 2.45) is 0 Å². The van der Waals surface area contributed by atoms with Gasteiger partial charge < -0.3 is 10.0 Å². The molecule has 0 spiro atoms. The number of aromatic carboxylic acids is 1. The van der Waals surface area contributed by atoms with Crippen LogP contribution in [0.4, 0.5) is 25.8 Å². The van der Waals surface area contributed by atoms with Crippen LogP contribution >= 0.6 is 0 Å². The summed E-state index contributed by atoms with van der Waals surface area (Å²) in [6.45, 7) is 0. The number of para-hydroxylation sites is 1. The first kappa shape index (κ1) is 34.0. The summed E-state index contributed by atoms with van der Waals surface area (Å²) in [6, 6.07) is 47.5. The molecule has 1 atom stereocenters. The van der Waals surface area contributed by atoms with E-state index in [-0.39, 0.29) is 25.8 Å². The van der Waals surface area contributed by atoms with E-state index < -0.39 is 23.0 Å². The van der Waals surface area contributed by atoms with Crippen LogP contribution in [0.2, 0.25) is 0 Å². The quantitative estimate of drug-likeness (QED) is 0.175. The molecular weight excluding hydrogens is 811 g/mol. The van der Waals surface area contributed by atoms with Gasteiger partial charge in [-0.05, 0) is 65.9 Å². The van der Waals surface area contributed by atoms with Crippen molar-refractivity contribution in [3.05, 3.63) is 204 Å². The van der Waals surface area contributed by atoms with Crippen LogP contribution in [-0.2, 0) is 25.5 Å². The third kappa shape index (κ3) is 6.32. The topological polar surface area (TPSA) is 79.2 Å². The molecule has 1 N–H and O–H groups in total. The van der Waals surface area contributed by atoms with E-state index >= 15 is 8.78 Å². The molecule has 8 rings (SSSR count). The van der Waals surface area contributed by atoms with E-state index in [2.05, 4.69) is 17.1 Å². The predicted octanol–water partition coefficient (Wildman–Crippen LogP) is 8.97. The molecule has 0 bridgehead atoms. The molecule has 4 heterocycles. The first-order valence-corrected chi connectivity index (χ1v) is 15.3. The molecule has 1 aliphatic rings. The van der Waals surface area contributed by atoms with Crippen molar-refractivity contribution in [2.45, 2.75) is 5.41 Å².